The van der Waals surface area contributed by atoms with Gasteiger partial charge in [0.2, 0.25) is 0 Å². The van der Waals surface area contributed by atoms with Crippen LogP contribution >= 0.6 is 0 Å². The molecule has 0 aromatic heterocycles. The van der Waals surface area contributed by atoms with Crippen LogP contribution in [0, 0.1) is 0 Å². The Hall–Kier alpha value is -0.640. The molecule has 0 rings (SSSR count). The van der Waals surface area contributed by atoms with E-state index in [-0.39, 0.29) is 32.5 Å². The first kappa shape index (κ1) is 44.5. The lowest BCUT2D eigenvalue weighted by Gasteiger charge is -2.08. The van der Waals surface area contributed by atoms with Crippen LogP contribution in [0.3, 0.4) is 0 Å². The number of aliphatic hydroxyl groups is 1. The highest BCUT2D eigenvalue weighted by molar-refractivity contribution is 7.82. The number of ether oxygens (including phenoxy) is 2. The second kappa shape index (κ2) is 32.7. The first-order valence-corrected chi connectivity index (χ1v) is 18.7. The average molecular weight is 663 g/mol. The zero-order chi connectivity index (χ0) is 32.5. The molecule has 0 saturated heterocycles. The molecule has 0 spiro atoms. The van der Waals surface area contributed by atoms with E-state index in [0.29, 0.717) is 13.2 Å². The van der Waals surface area contributed by atoms with Gasteiger partial charge in [-0.25, -0.2) is 8.37 Å². The summed E-state index contributed by atoms with van der Waals surface area (Å²) in [6.45, 7) is 6.01. The Bertz CT molecular complexity index is 803. The lowest BCUT2D eigenvalue weighted by molar-refractivity contribution is 0.0927. The minimum Gasteiger partial charge on any atom is -0.393 e. The molecule has 0 aliphatic rings. The van der Waals surface area contributed by atoms with E-state index in [1.165, 1.54) is 51.4 Å². The maximum Gasteiger partial charge on any atom is 0.399 e. The Morgan fingerprint density at radius 1 is 0.558 bits per heavy atom. The Labute approximate surface area is 263 Å². The molecule has 0 fully saturated rings. The van der Waals surface area contributed by atoms with Gasteiger partial charge in [0.25, 0.3) is 0 Å². The highest BCUT2D eigenvalue weighted by atomic mass is 32.3. The van der Waals surface area contributed by atoms with E-state index in [0.717, 1.165) is 72.0 Å². The van der Waals surface area contributed by atoms with Gasteiger partial charge in [0, 0.05) is 13.2 Å². The molecule has 0 radical (unpaired) electrons. The molecular weight excluding hydrogens is 600 g/mol. The Morgan fingerprint density at radius 2 is 1.00 bits per heavy atom. The van der Waals surface area contributed by atoms with E-state index in [1.807, 2.05) is 0 Å². The van der Waals surface area contributed by atoms with Crippen LogP contribution in [0.4, 0.5) is 0 Å². The van der Waals surface area contributed by atoms with Crippen molar-refractivity contribution in [3.8, 4) is 0 Å². The predicted octanol–water partition coefficient (Wildman–Crippen LogP) is 6.41. The monoisotopic (exact) mass is 662 g/mol. The Morgan fingerprint density at radius 3 is 1.44 bits per heavy atom. The summed E-state index contributed by atoms with van der Waals surface area (Å²) in [5.41, 5.74) is 0. The predicted molar refractivity (Wildman–Crippen MR) is 170 cm³/mol. The summed E-state index contributed by atoms with van der Waals surface area (Å²) in [6, 6.07) is 0. The molecule has 1 N–H and O–H groups in total. The van der Waals surface area contributed by atoms with Crippen molar-refractivity contribution in [3.05, 3.63) is 12.2 Å². The van der Waals surface area contributed by atoms with Gasteiger partial charge < -0.3 is 14.6 Å². The van der Waals surface area contributed by atoms with E-state index in [1.54, 1.807) is 0 Å². The number of rotatable bonds is 31. The van der Waals surface area contributed by atoms with Crippen molar-refractivity contribution in [1.29, 1.82) is 0 Å². The standard InChI is InChI=1S/C15H32O6S.C15H30O5S/c1-3-10-15(16)11-8-6-4-5-7-9-12-20-13-14-21-22(17,18)19-2;1-3-4-5-6-7-8-9-10-11-12-13-19-14-15-20-21(16,17)18-2/h15-16H,3-14H2,1-2H3;4-5H,3,6-15H2,1-2H3/b;5-4+. The van der Waals surface area contributed by atoms with Gasteiger partial charge in [-0.2, -0.15) is 16.8 Å². The minimum atomic E-state index is -3.84. The number of hydrogen-bond donors (Lipinski definition) is 1. The molecule has 0 aliphatic carbocycles. The molecule has 1 atom stereocenters. The van der Waals surface area contributed by atoms with Gasteiger partial charge in [-0.3, -0.25) is 8.37 Å². The zero-order valence-corrected chi connectivity index (χ0v) is 29.0. The van der Waals surface area contributed by atoms with E-state index in [4.69, 9.17) is 9.47 Å². The number of allylic oxidation sites excluding steroid dienone is 2. The topological polar surface area (TPSA) is 144 Å². The fraction of sp³-hybridized carbons (Fsp3) is 0.933. The van der Waals surface area contributed by atoms with E-state index in [2.05, 4.69) is 42.7 Å². The van der Waals surface area contributed by atoms with Gasteiger partial charge in [0.05, 0.1) is 46.8 Å². The van der Waals surface area contributed by atoms with Crippen LogP contribution in [0.15, 0.2) is 12.2 Å². The van der Waals surface area contributed by atoms with Gasteiger partial charge in [-0.1, -0.05) is 90.2 Å². The van der Waals surface area contributed by atoms with Crippen LogP contribution in [-0.2, 0) is 47.0 Å². The van der Waals surface area contributed by atoms with Crippen LogP contribution in [0.25, 0.3) is 0 Å². The molecule has 13 heteroatoms. The average Bonchev–Trinajstić information content (AvgIpc) is 2.98. The molecule has 0 aromatic rings. The van der Waals surface area contributed by atoms with Crippen molar-refractivity contribution in [2.24, 2.45) is 0 Å². The third-order valence-corrected chi connectivity index (χ3v) is 8.06. The molecule has 1 unspecified atom stereocenters. The highest BCUT2D eigenvalue weighted by Crippen LogP contribution is 2.11. The Balaban J connectivity index is 0. The molecule has 0 amide bonds. The first-order valence-electron chi connectivity index (χ1n) is 16.0. The summed E-state index contributed by atoms with van der Waals surface area (Å²) in [5.74, 6) is 0. The van der Waals surface area contributed by atoms with Crippen LogP contribution in [0.5, 0.6) is 0 Å². The molecule has 260 valence electrons. The highest BCUT2D eigenvalue weighted by Gasteiger charge is 2.08. The molecule has 0 heterocycles. The van der Waals surface area contributed by atoms with Gasteiger partial charge >= 0.3 is 20.8 Å². The van der Waals surface area contributed by atoms with Crippen molar-refractivity contribution >= 4 is 20.8 Å². The number of unbranched alkanes of at least 4 members (excludes halogenated alkanes) is 11. The maximum absolute atomic E-state index is 10.8. The van der Waals surface area contributed by atoms with Crippen LogP contribution in [0.1, 0.15) is 123 Å². The van der Waals surface area contributed by atoms with Gasteiger partial charge in [0.1, 0.15) is 0 Å². The number of aliphatic hydroxyl groups excluding tert-OH is 1. The van der Waals surface area contributed by atoms with Crippen LogP contribution in [0.2, 0.25) is 0 Å². The van der Waals surface area contributed by atoms with Gasteiger partial charge in [-0.05, 0) is 44.9 Å². The second-order valence-corrected chi connectivity index (χ2v) is 12.9. The molecule has 43 heavy (non-hydrogen) atoms. The first-order chi connectivity index (χ1) is 20.6. The third kappa shape index (κ3) is 37.5. The largest absolute Gasteiger partial charge is 0.399 e. The molecule has 0 aliphatic heterocycles. The Kier molecular flexibility index (Phi) is 33.9. The maximum atomic E-state index is 10.8. The van der Waals surface area contributed by atoms with E-state index >= 15 is 0 Å². The van der Waals surface area contributed by atoms with E-state index < -0.39 is 20.8 Å². The molecule has 0 saturated carbocycles. The smallest absolute Gasteiger partial charge is 0.393 e. The summed E-state index contributed by atoms with van der Waals surface area (Å²) in [7, 11) is -5.54. The van der Waals surface area contributed by atoms with Gasteiger partial charge in [0.15, 0.2) is 0 Å². The molecule has 0 aromatic carbocycles. The van der Waals surface area contributed by atoms with Gasteiger partial charge in [-0.15, -0.1) is 0 Å². The third-order valence-electron chi connectivity index (χ3n) is 6.33. The zero-order valence-electron chi connectivity index (χ0n) is 27.3. The SMILES string of the molecule is CC/C=C/CCCCCCCCOCCOS(=O)(=O)OC.CCCC(O)CCCCCCCCOCCOS(=O)(=O)OC. The lowest BCUT2D eigenvalue weighted by atomic mass is 10.0. The summed E-state index contributed by atoms with van der Waals surface area (Å²) in [5, 5.41) is 9.59. The summed E-state index contributed by atoms with van der Waals surface area (Å²) >= 11 is 0. The van der Waals surface area contributed by atoms with Crippen molar-refractivity contribution in [2.45, 2.75) is 129 Å². The fourth-order valence-corrected chi connectivity index (χ4v) is 4.65. The molecule has 0 bridgehead atoms. The van der Waals surface area contributed by atoms with E-state index in [9.17, 15) is 21.9 Å². The van der Waals surface area contributed by atoms with Crippen molar-refractivity contribution in [3.63, 3.8) is 0 Å². The minimum absolute atomic E-state index is 0.00144. The normalized spacial score (nSPS) is 12.9. The summed E-state index contributed by atoms with van der Waals surface area (Å²) in [6.07, 6.45) is 23.5. The molecular formula is C30H62O11S2. The quantitative estimate of drug-likeness (QED) is 0.0649. The molecule has 11 nitrogen and oxygen atoms in total. The van der Waals surface area contributed by atoms with Crippen molar-refractivity contribution in [2.75, 3.05) is 53.9 Å². The lowest BCUT2D eigenvalue weighted by Crippen LogP contribution is -2.12. The van der Waals surface area contributed by atoms with Crippen molar-refractivity contribution in [1.82, 2.24) is 0 Å². The fourth-order valence-electron chi connectivity index (χ4n) is 3.92. The summed E-state index contributed by atoms with van der Waals surface area (Å²) < 4.78 is 71.1. The van der Waals surface area contributed by atoms with Crippen LogP contribution < -0.4 is 0 Å². The second-order valence-electron chi connectivity index (χ2n) is 10.2. The van der Waals surface area contributed by atoms with Crippen molar-refractivity contribution < 1.29 is 48.1 Å². The number of hydrogen-bond acceptors (Lipinski definition) is 11. The van der Waals surface area contributed by atoms with Crippen LogP contribution in [-0.4, -0.2) is 81.9 Å². The summed E-state index contributed by atoms with van der Waals surface area (Å²) in [4.78, 5) is 0.